The molecule has 0 bridgehead atoms. The fourth-order valence-electron chi connectivity index (χ4n) is 1.39. The van der Waals surface area contributed by atoms with Crippen LogP contribution in [0, 0.1) is 0 Å². The van der Waals surface area contributed by atoms with E-state index in [1.54, 1.807) is 18.2 Å². The molecular formula is C13H11N3O3S. The van der Waals surface area contributed by atoms with Crippen molar-refractivity contribution >= 4 is 29.6 Å². The minimum absolute atomic E-state index is 0.154. The normalized spacial score (nSPS) is 10.0. The molecule has 0 aliphatic rings. The van der Waals surface area contributed by atoms with Gasteiger partial charge < -0.3 is 5.11 Å². The van der Waals surface area contributed by atoms with Gasteiger partial charge in [-0.3, -0.25) is 10.1 Å². The van der Waals surface area contributed by atoms with Crippen LogP contribution in [0.15, 0.2) is 47.6 Å². The number of anilines is 1. The number of hydrogen-bond donors (Lipinski definition) is 2. The third-order valence-electron chi connectivity index (χ3n) is 2.27. The van der Waals surface area contributed by atoms with Gasteiger partial charge in [0.1, 0.15) is 0 Å². The molecule has 6 nitrogen and oxygen atoms in total. The van der Waals surface area contributed by atoms with Gasteiger partial charge in [-0.2, -0.15) is 0 Å². The molecule has 0 spiro atoms. The average Bonchev–Trinajstić information content (AvgIpc) is 2.46. The van der Waals surface area contributed by atoms with Gasteiger partial charge in [-0.25, -0.2) is 14.8 Å². The first-order valence-electron chi connectivity index (χ1n) is 5.68. The highest BCUT2D eigenvalue weighted by atomic mass is 32.2. The number of hydrogen-bond acceptors (Lipinski definition) is 5. The first kappa shape index (κ1) is 14.0. The Labute approximate surface area is 119 Å². The van der Waals surface area contributed by atoms with Crippen molar-refractivity contribution in [2.75, 3.05) is 11.1 Å². The van der Waals surface area contributed by atoms with Gasteiger partial charge in [0.15, 0.2) is 0 Å². The molecule has 0 radical (unpaired) electrons. The molecule has 1 aromatic heterocycles. The summed E-state index contributed by atoms with van der Waals surface area (Å²) in [7, 11) is 0. The van der Waals surface area contributed by atoms with Crippen LogP contribution >= 0.6 is 11.8 Å². The number of carbonyl (C=O) groups is 2. The Hall–Kier alpha value is -2.41. The zero-order chi connectivity index (χ0) is 14.4. The smallest absolute Gasteiger partial charge is 0.335 e. The van der Waals surface area contributed by atoms with Crippen molar-refractivity contribution in [2.24, 2.45) is 0 Å². The van der Waals surface area contributed by atoms with E-state index in [9.17, 15) is 9.59 Å². The summed E-state index contributed by atoms with van der Waals surface area (Å²) in [6.07, 6.45) is 3.07. The number of aromatic nitrogens is 2. The number of amides is 1. The fraction of sp³-hybridized carbons (Fsp3) is 0.0769. The van der Waals surface area contributed by atoms with Gasteiger partial charge in [-0.15, -0.1) is 11.8 Å². The Bertz CT molecular complexity index is 619. The first-order chi connectivity index (χ1) is 9.65. The molecule has 1 heterocycles. The third-order valence-corrected chi connectivity index (χ3v) is 3.26. The largest absolute Gasteiger partial charge is 0.478 e. The van der Waals surface area contributed by atoms with Crippen LogP contribution in [0.5, 0.6) is 0 Å². The van der Waals surface area contributed by atoms with Crippen LogP contribution in [0.25, 0.3) is 0 Å². The maximum Gasteiger partial charge on any atom is 0.335 e. The van der Waals surface area contributed by atoms with Crippen LogP contribution in [0.1, 0.15) is 10.4 Å². The lowest BCUT2D eigenvalue weighted by atomic mass is 10.2. The van der Waals surface area contributed by atoms with E-state index in [0.29, 0.717) is 4.90 Å². The topological polar surface area (TPSA) is 92.2 Å². The van der Waals surface area contributed by atoms with E-state index in [2.05, 4.69) is 15.3 Å². The summed E-state index contributed by atoms with van der Waals surface area (Å²) in [4.78, 5) is 31.0. The number of aromatic carboxylic acids is 1. The van der Waals surface area contributed by atoms with E-state index in [-0.39, 0.29) is 23.2 Å². The van der Waals surface area contributed by atoms with E-state index >= 15 is 0 Å². The molecule has 1 amide bonds. The summed E-state index contributed by atoms with van der Waals surface area (Å²) < 4.78 is 0. The maximum absolute atomic E-state index is 11.7. The van der Waals surface area contributed by atoms with Gasteiger partial charge in [-0.05, 0) is 24.3 Å². The molecule has 0 atom stereocenters. The predicted molar refractivity (Wildman–Crippen MR) is 74.8 cm³/mol. The number of nitrogens with zero attached hydrogens (tertiary/aromatic N) is 2. The number of carboxylic acids is 1. The summed E-state index contributed by atoms with van der Waals surface area (Å²) in [6, 6.07) is 8.08. The monoisotopic (exact) mass is 289 g/mol. The van der Waals surface area contributed by atoms with Crippen molar-refractivity contribution in [1.82, 2.24) is 9.97 Å². The second-order valence-corrected chi connectivity index (χ2v) is 4.79. The second-order valence-electron chi connectivity index (χ2n) is 3.74. The van der Waals surface area contributed by atoms with Crippen LogP contribution in [0.3, 0.4) is 0 Å². The highest BCUT2D eigenvalue weighted by Gasteiger charge is 2.07. The third kappa shape index (κ3) is 4.06. The lowest BCUT2D eigenvalue weighted by Crippen LogP contribution is -2.15. The maximum atomic E-state index is 11.7. The molecule has 0 fully saturated rings. The number of carboxylic acid groups (broad SMARTS) is 1. The van der Waals surface area contributed by atoms with E-state index in [1.807, 2.05) is 0 Å². The summed E-state index contributed by atoms with van der Waals surface area (Å²) in [5.41, 5.74) is 0.196. The second kappa shape index (κ2) is 6.67. The highest BCUT2D eigenvalue weighted by molar-refractivity contribution is 8.00. The summed E-state index contributed by atoms with van der Waals surface area (Å²) in [6.45, 7) is 0. The minimum atomic E-state index is -0.991. The number of rotatable bonds is 5. The molecule has 102 valence electrons. The van der Waals surface area contributed by atoms with Crippen LogP contribution in [-0.2, 0) is 4.79 Å². The minimum Gasteiger partial charge on any atom is -0.478 e. The molecule has 2 aromatic rings. The molecule has 2 N–H and O–H groups in total. The first-order valence-corrected chi connectivity index (χ1v) is 6.67. The number of nitrogens with one attached hydrogen (secondary N) is 1. The van der Waals surface area contributed by atoms with E-state index in [1.165, 1.54) is 36.3 Å². The lowest BCUT2D eigenvalue weighted by Gasteiger charge is -2.04. The zero-order valence-corrected chi connectivity index (χ0v) is 11.1. The molecule has 0 aliphatic carbocycles. The van der Waals surface area contributed by atoms with Crippen molar-refractivity contribution < 1.29 is 14.7 Å². The van der Waals surface area contributed by atoms with Gasteiger partial charge in [-0.1, -0.05) is 6.07 Å². The van der Waals surface area contributed by atoms with Gasteiger partial charge in [0.05, 0.1) is 11.3 Å². The Morgan fingerprint density at radius 3 is 2.65 bits per heavy atom. The van der Waals surface area contributed by atoms with Crippen LogP contribution in [-0.4, -0.2) is 32.7 Å². The van der Waals surface area contributed by atoms with Gasteiger partial charge in [0, 0.05) is 17.3 Å². The van der Waals surface area contributed by atoms with Gasteiger partial charge in [0.25, 0.3) is 0 Å². The van der Waals surface area contributed by atoms with Crippen LogP contribution < -0.4 is 5.32 Å². The van der Waals surface area contributed by atoms with Crippen molar-refractivity contribution in [3.8, 4) is 0 Å². The Morgan fingerprint density at radius 2 is 1.95 bits per heavy atom. The Morgan fingerprint density at radius 1 is 1.20 bits per heavy atom. The van der Waals surface area contributed by atoms with Gasteiger partial charge >= 0.3 is 5.97 Å². The van der Waals surface area contributed by atoms with Crippen LogP contribution in [0.4, 0.5) is 5.95 Å². The number of thioether (sulfide) groups is 1. The Balaban J connectivity index is 1.90. The molecule has 0 saturated heterocycles. The molecule has 0 unspecified atom stereocenters. The summed E-state index contributed by atoms with van der Waals surface area (Å²) >= 11 is 1.25. The summed E-state index contributed by atoms with van der Waals surface area (Å²) in [5.74, 6) is -0.838. The lowest BCUT2D eigenvalue weighted by molar-refractivity contribution is -0.113. The van der Waals surface area contributed by atoms with Gasteiger partial charge in [0.2, 0.25) is 11.9 Å². The van der Waals surface area contributed by atoms with Crippen LogP contribution in [0.2, 0.25) is 0 Å². The van der Waals surface area contributed by atoms with E-state index in [4.69, 9.17) is 5.11 Å². The van der Waals surface area contributed by atoms with E-state index in [0.717, 1.165) is 0 Å². The summed E-state index contributed by atoms with van der Waals surface area (Å²) in [5, 5.41) is 11.4. The zero-order valence-electron chi connectivity index (χ0n) is 10.3. The number of carbonyl (C=O) groups excluding carboxylic acids is 1. The molecule has 0 saturated carbocycles. The molecule has 20 heavy (non-hydrogen) atoms. The van der Waals surface area contributed by atoms with Crippen molar-refractivity contribution in [3.63, 3.8) is 0 Å². The standard InChI is InChI=1S/C13H11N3O3S/c17-11(16-13-14-5-2-6-15-13)8-20-10-4-1-3-9(7-10)12(18)19/h1-7H,8H2,(H,18,19)(H,14,15,16,17). The molecule has 1 aromatic carbocycles. The molecule has 2 rings (SSSR count). The SMILES string of the molecule is O=C(CSc1cccc(C(=O)O)c1)Nc1ncccn1. The molecule has 7 heteroatoms. The number of benzene rings is 1. The Kier molecular flexibility index (Phi) is 4.67. The predicted octanol–water partition coefficient (Wildman–Crippen LogP) is 1.91. The quantitative estimate of drug-likeness (QED) is 0.817. The van der Waals surface area contributed by atoms with Crippen molar-refractivity contribution in [1.29, 1.82) is 0 Å². The van der Waals surface area contributed by atoms with Crippen molar-refractivity contribution in [3.05, 3.63) is 48.3 Å². The van der Waals surface area contributed by atoms with E-state index < -0.39 is 5.97 Å². The molecule has 0 aliphatic heterocycles. The van der Waals surface area contributed by atoms with Crippen molar-refractivity contribution in [2.45, 2.75) is 4.90 Å². The average molecular weight is 289 g/mol. The molecular weight excluding hydrogens is 278 g/mol. The highest BCUT2D eigenvalue weighted by Crippen LogP contribution is 2.19. The fourth-order valence-corrected chi connectivity index (χ4v) is 2.15.